The molecule has 1 saturated carbocycles. The Hall–Kier alpha value is -1.83. The first-order valence-corrected chi connectivity index (χ1v) is 11.9. The lowest BCUT2D eigenvalue weighted by Gasteiger charge is -2.36. The van der Waals surface area contributed by atoms with Crippen LogP contribution in [0.1, 0.15) is 61.5 Å². The first-order valence-electron chi connectivity index (χ1n) is 11.9. The van der Waals surface area contributed by atoms with E-state index in [2.05, 4.69) is 46.7 Å². The Kier molecular flexibility index (Phi) is 6.11. The molecular weight excluding hydrogens is 376 g/mol. The van der Waals surface area contributed by atoms with E-state index in [1.807, 2.05) is 9.58 Å². The molecule has 5 rings (SSSR count). The molecule has 2 atom stereocenters. The average Bonchev–Trinajstić information content (AvgIpc) is 3.54. The molecule has 3 heterocycles. The second-order valence-electron chi connectivity index (χ2n) is 9.50. The number of quaternary nitrogens is 2. The number of benzene rings is 1. The van der Waals surface area contributed by atoms with Crippen molar-refractivity contribution in [2.24, 2.45) is 0 Å². The zero-order chi connectivity index (χ0) is 20.3. The van der Waals surface area contributed by atoms with Gasteiger partial charge in [-0.15, -0.1) is 5.10 Å². The minimum Gasteiger partial charge on any atom is -0.376 e. The number of nitrogens with one attached hydrogen (secondary N) is 2. The summed E-state index contributed by atoms with van der Waals surface area (Å²) in [5, 5.41) is 13.0. The van der Waals surface area contributed by atoms with E-state index in [1.54, 1.807) is 4.90 Å². The van der Waals surface area contributed by atoms with Crippen molar-refractivity contribution >= 4 is 0 Å². The van der Waals surface area contributed by atoms with Crippen molar-refractivity contribution in [1.29, 1.82) is 0 Å². The van der Waals surface area contributed by atoms with E-state index in [4.69, 9.17) is 4.74 Å². The third-order valence-corrected chi connectivity index (χ3v) is 7.50. The number of nitrogens with zero attached hydrogens (tertiary/aromatic N) is 4. The van der Waals surface area contributed by atoms with Gasteiger partial charge in [-0.3, -0.25) is 0 Å². The Bertz CT molecular complexity index is 801. The van der Waals surface area contributed by atoms with Crippen LogP contribution in [-0.4, -0.2) is 65.1 Å². The van der Waals surface area contributed by atoms with E-state index in [-0.39, 0.29) is 12.1 Å². The molecule has 2 saturated heterocycles. The molecule has 2 N–H and O–H groups in total. The Morgan fingerprint density at radius 3 is 2.50 bits per heavy atom. The van der Waals surface area contributed by atoms with E-state index in [0.717, 1.165) is 37.9 Å². The SMILES string of the molecule is Cc1ccc([C@@H](c2nnnn2C[C@@H]2CCCO2)[NH+]2CC[NH+](C3CCCC3)CC2)cc1. The molecule has 1 aromatic carbocycles. The van der Waals surface area contributed by atoms with Crippen LogP contribution in [0.3, 0.4) is 0 Å². The highest BCUT2D eigenvalue weighted by molar-refractivity contribution is 5.26. The van der Waals surface area contributed by atoms with E-state index in [0.29, 0.717) is 0 Å². The van der Waals surface area contributed by atoms with Gasteiger partial charge in [-0.05, 0) is 55.9 Å². The summed E-state index contributed by atoms with van der Waals surface area (Å²) in [6.45, 7) is 8.65. The molecule has 7 nitrogen and oxygen atoms in total. The smallest absolute Gasteiger partial charge is 0.214 e. The Labute approximate surface area is 179 Å². The van der Waals surface area contributed by atoms with Gasteiger partial charge in [-0.2, -0.15) is 0 Å². The maximum Gasteiger partial charge on any atom is 0.214 e. The van der Waals surface area contributed by atoms with Crippen LogP contribution in [0.2, 0.25) is 0 Å². The molecule has 3 fully saturated rings. The van der Waals surface area contributed by atoms with Crippen LogP contribution >= 0.6 is 0 Å². The second kappa shape index (κ2) is 9.12. The zero-order valence-corrected chi connectivity index (χ0v) is 18.2. The molecule has 2 aromatic rings. The van der Waals surface area contributed by atoms with Gasteiger partial charge in [0.25, 0.3) is 0 Å². The minimum atomic E-state index is 0.187. The summed E-state index contributed by atoms with van der Waals surface area (Å²) < 4.78 is 7.89. The van der Waals surface area contributed by atoms with E-state index >= 15 is 0 Å². The zero-order valence-electron chi connectivity index (χ0n) is 18.2. The van der Waals surface area contributed by atoms with E-state index in [9.17, 15) is 0 Å². The quantitative estimate of drug-likeness (QED) is 0.700. The number of aromatic nitrogens is 4. The van der Waals surface area contributed by atoms with Gasteiger partial charge in [0, 0.05) is 12.2 Å². The van der Waals surface area contributed by atoms with E-state index < -0.39 is 0 Å². The first kappa shape index (κ1) is 20.1. The fourth-order valence-corrected chi connectivity index (χ4v) is 5.78. The topological polar surface area (TPSA) is 61.7 Å². The molecule has 2 aliphatic heterocycles. The second-order valence-corrected chi connectivity index (χ2v) is 9.50. The number of hydrogen-bond donors (Lipinski definition) is 2. The molecule has 0 spiro atoms. The molecule has 0 bridgehead atoms. The van der Waals surface area contributed by atoms with Crippen molar-refractivity contribution in [3.63, 3.8) is 0 Å². The van der Waals surface area contributed by atoms with Crippen LogP contribution < -0.4 is 9.80 Å². The van der Waals surface area contributed by atoms with Gasteiger partial charge < -0.3 is 14.5 Å². The van der Waals surface area contributed by atoms with Gasteiger partial charge in [-0.1, -0.05) is 29.8 Å². The van der Waals surface area contributed by atoms with Gasteiger partial charge in [0.2, 0.25) is 5.82 Å². The lowest BCUT2D eigenvalue weighted by atomic mass is 10.0. The molecule has 7 heteroatoms. The predicted octanol–water partition coefficient (Wildman–Crippen LogP) is -0.0241. The number of piperazine rings is 1. The number of ether oxygens (including phenoxy) is 1. The average molecular weight is 413 g/mol. The van der Waals surface area contributed by atoms with Crippen LogP contribution in [0.25, 0.3) is 0 Å². The predicted molar refractivity (Wildman–Crippen MR) is 113 cm³/mol. The summed E-state index contributed by atoms with van der Waals surface area (Å²) in [6.07, 6.45) is 8.18. The highest BCUT2D eigenvalue weighted by atomic mass is 16.5. The Morgan fingerprint density at radius 2 is 1.80 bits per heavy atom. The van der Waals surface area contributed by atoms with Gasteiger partial charge in [0.05, 0.1) is 18.7 Å². The van der Waals surface area contributed by atoms with Crippen molar-refractivity contribution in [2.75, 3.05) is 32.8 Å². The summed E-state index contributed by atoms with van der Waals surface area (Å²) in [5.41, 5.74) is 2.62. The van der Waals surface area contributed by atoms with Gasteiger partial charge in [-0.25, -0.2) is 4.68 Å². The van der Waals surface area contributed by atoms with Gasteiger partial charge in [0.1, 0.15) is 26.2 Å². The number of tetrazole rings is 1. The lowest BCUT2D eigenvalue weighted by Crippen LogP contribution is -3.29. The van der Waals surface area contributed by atoms with Crippen LogP contribution in [0.15, 0.2) is 24.3 Å². The molecule has 162 valence electrons. The highest BCUT2D eigenvalue weighted by Gasteiger charge is 2.38. The number of aryl methyl sites for hydroxylation is 1. The summed E-state index contributed by atoms with van der Waals surface area (Å²) in [4.78, 5) is 3.43. The normalized spacial score (nSPS) is 28.8. The maximum absolute atomic E-state index is 5.87. The molecule has 30 heavy (non-hydrogen) atoms. The van der Waals surface area contributed by atoms with Crippen molar-refractivity contribution in [3.05, 3.63) is 41.2 Å². The third-order valence-electron chi connectivity index (χ3n) is 7.50. The molecular formula is C23H36N6O+2. The van der Waals surface area contributed by atoms with Gasteiger partial charge >= 0.3 is 0 Å². The summed E-state index contributed by atoms with van der Waals surface area (Å²) in [6, 6.07) is 10.1. The largest absolute Gasteiger partial charge is 0.376 e. The number of hydrogen-bond acceptors (Lipinski definition) is 4. The van der Waals surface area contributed by atoms with E-state index in [1.165, 1.54) is 63.0 Å². The molecule has 1 aromatic heterocycles. The van der Waals surface area contributed by atoms with Crippen molar-refractivity contribution in [3.8, 4) is 0 Å². The van der Waals surface area contributed by atoms with Crippen LogP contribution in [0.5, 0.6) is 0 Å². The molecule has 3 aliphatic rings. The molecule has 0 unspecified atom stereocenters. The fraction of sp³-hybridized carbons (Fsp3) is 0.696. The highest BCUT2D eigenvalue weighted by Crippen LogP contribution is 2.20. The fourth-order valence-electron chi connectivity index (χ4n) is 5.78. The summed E-state index contributed by atoms with van der Waals surface area (Å²) in [5.74, 6) is 0.994. The molecule has 0 radical (unpaired) electrons. The monoisotopic (exact) mass is 412 g/mol. The molecule has 0 amide bonds. The van der Waals surface area contributed by atoms with Gasteiger partial charge in [0.15, 0.2) is 6.04 Å². The minimum absolute atomic E-state index is 0.187. The van der Waals surface area contributed by atoms with Crippen molar-refractivity contribution in [2.45, 2.75) is 70.2 Å². The summed E-state index contributed by atoms with van der Waals surface area (Å²) >= 11 is 0. The van der Waals surface area contributed by atoms with Crippen LogP contribution in [0.4, 0.5) is 0 Å². The Balaban J connectivity index is 1.38. The van der Waals surface area contributed by atoms with Crippen molar-refractivity contribution in [1.82, 2.24) is 20.2 Å². The standard InChI is InChI=1S/C23H34N6O/c1-18-8-10-19(11-9-18)22(23-24-25-26-29(23)17-21-7-4-16-30-21)28-14-12-27(13-15-28)20-5-2-3-6-20/h8-11,20-22H,2-7,12-17H2,1H3/p+2/t21-,22-/m0/s1. The Morgan fingerprint density at radius 1 is 1.03 bits per heavy atom. The third kappa shape index (κ3) is 4.29. The lowest BCUT2D eigenvalue weighted by molar-refractivity contribution is -1.03. The number of rotatable bonds is 6. The van der Waals surface area contributed by atoms with Crippen LogP contribution in [-0.2, 0) is 11.3 Å². The summed E-state index contributed by atoms with van der Waals surface area (Å²) in [7, 11) is 0. The maximum atomic E-state index is 5.87. The first-order chi connectivity index (χ1) is 14.8. The molecule has 1 aliphatic carbocycles. The van der Waals surface area contributed by atoms with Crippen LogP contribution in [0, 0.1) is 6.92 Å². The van der Waals surface area contributed by atoms with Crippen molar-refractivity contribution < 1.29 is 14.5 Å².